The third-order valence-electron chi connectivity index (χ3n) is 11.3. The number of aliphatic hydroxyl groups excluding tert-OH is 2. The molecule has 0 saturated heterocycles. The Hall–Kier alpha value is -2.29. The molecular formula is C35H52O8. The minimum absolute atomic E-state index is 0.155. The van der Waals surface area contributed by atoms with Gasteiger partial charge in [-0.3, -0.25) is 9.59 Å². The Morgan fingerprint density at radius 3 is 2.33 bits per heavy atom. The molecule has 3 N–H and O–H groups in total. The van der Waals surface area contributed by atoms with Crippen molar-refractivity contribution in [2.75, 3.05) is 6.61 Å². The second kappa shape index (κ2) is 12.2. The van der Waals surface area contributed by atoms with E-state index in [2.05, 4.69) is 6.92 Å². The quantitative estimate of drug-likeness (QED) is 0.122. The third-order valence-corrected chi connectivity index (χ3v) is 11.3. The number of esters is 2. The van der Waals surface area contributed by atoms with Crippen LogP contribution in [0.3, 0.4) is 0 Å². The lowest BCUT2D eigenvalue weighted by Gasteiger charge is -2.48. The number of hydrogen-bond donors (Lipinski definition) is 3. The van der Waals surface area contributed by atoms with Gasteiger partial charge in [-0.15, -0.1) is 0 Å². The number of unbranched alkanes of at least 4 members (excludes halogenated alkanes) is 6. The Morgan fingerprint density at radius 2 is 1.70 bits per heavy atom. The summed E-state index contributed by atoms with van der Waals surface area (Å²) in [6, 6.07) is 0. The maximum atomic E-state index is 14.7. The van der Waals surface area contributed by atoms with Gasteiger partial charge in [-0.05, 0) is 50.7 Å². The van der Waals surface area contributed by atoms with Crippen LogP contribution in [-0.4, -0.2) is 63.1 Å². The van der Waals surface area contributed by atoms with Gasteiger partial charge >= 0.3 is 11.9 Å². The molecule has 8 atom stereocenters. The average molecular weight is 601 g/mol. The first-order chi connectivity index (χ1) is 20.2. The minimum Gasteiger partial charge on any atom is -0.458 e. The van der Waals surface area contributed by atoms with Crippen molar-refractivity contribution >= 4 is 17.7 Å². The van der Waals surface area contributed by atoms with E-state index in [9.17, 15) is 29.7 Å². The largest absolute Gasteiger partial charge is 0.458 e. The molecule has 4 aliphatic rings. The van der Waals surface area contributed by atoms with Crippen LogP contribution in [0.2, 0.25) is 0 Å². The molecule has 2 fully saturated rings. The predicted molar refractivity (Wildman–Crippen MR) is 163 cm³/mol. The first-order valence-corrected chi connectivity index (χ1v) is 16.2. The van der Waals surface area contributed by atoms with E-state index in [1.807, 2.05) is 20.8 Å². The molecule has 2 bridgehead atoms. The lowest BCUT2D eigenvalue weighted by Crippen LogP contribution is -2.65. The molecule has 0 aliphatic heterocycles. The second-order valence-corrected chi connectivity index (χ2v) is 14.1. The van der Waals surface area contributed by atoms with Crippen molar-refractivity contribution in [2.45, 2.75) is 130 Å². The molecule has 1 spiro atoms. The number of Topliss-reactive ketones (excluding diaryl/α,β-unsaturated/α-hetero) is 1. The molecule has 0 aromatic rings. The van der Waals surface area contributed by atoms with Crippen molar-refractivity contribution in [1.29, 1.82) is 0 Å². The van der Waals surface area contributed by atoms with Crippen LogP contribution in [0.4, 0.5) is 0 Å². The zero-order chi connectivity index (χ0) is 32.0. The lowest BCUT2D eigenvalue weighted by atomic mass is 9.59. The minimum atomic E-state index is -2.28. The summed E-state index contributed by atoms with van der Waals surface area (Å²) in [5, 5.41) is 35.3. The van der Waals surface area contributed by atoms with Crippen molar-refractivity contribution in [3.05, 3.63) is 34.9 Å². The number of carbonyl (C=O) groups excluding carboxylic acids is 3. The van der Waals surface area contributed by atoms with Crippen LogP contribution in [0.25, 0.3) is 0 Å². The van der Waals surface area contributed by atoms with Crippen LogP contribution in [0, 0.1) is 28.6 Å². The second-order valence-electron chi connectivity index (χ2n) is 14.1. The van der Waals surface area contributed by atoms with Crippen LogP contribution in [0.5, 0.6) is 0 Å². The Bertz CT molecular complexity index is 1210. The van der Waals surface area contributed by atoms with Crippen molar-refractivity contribution in [3.63, 3.8) is 0 Å². The standard InChI is InChI=1S/C35H52O8/c1-8-10-11-12-13-14-15-16-26(36)43-34-19-23(5)33-18-22(4)28(37)35(33,41)29(38)24(20-42-31(40)21(3)9-2)17-25(30(33)39)27(34)32(34,6)7/h9,17-18,23,25,27-29,37-38,41H,8,10-16,19-20H2,1-7H3/b21-9-/t23?,25-,27+,28-,29+,33?,34-,35+/m0/s1. The molecular weight excluding hydrogens is 548 g/mol. The summed E-state index contributed by atoms with van der Waals surface area (Å²) in [5.41, 5.74) is -4.48. The molecule has 0 amide bonds. The number of allylic oxidation sites excluding steroid dienone is 2. The van der Waals surface area contributed by atoms with Gasteiger partial charge in [-0.2, -0.15) is 0 Å². The third kappa shape index (κ3) is 5.15. The first kappa shape index (κ1) is 33.6. The van der Waals surface area contributed by atoms with Gasteiger partial charge in [-0.1, -0.05) is 84.4 Å². The molecule has 43 heavy (non-hydrogen) atoms. The van der Waals surface area contributed by atoms with E-state index < -0.39 is 58.0 Å². The number of aliphatic hydroxyl groups is 3. The zero-order valence-corrected chi connectivity index (χ0v) is 27.1. The number of ketones is 1. The highest BCUT2D eigenvalue weighted by molar-refractivity contribution is 5.96. The monoisotopic (exact) mass is 600 g/mol. The molecule has 4 rings (SSSR count). The fourth-order valence-corrected chi connectivity index (χ4v) is 8.58. The van der Waals surface area contributed by atoms with Gasteiger partial charge in [0.1, 0.15) is 30.0 Å². The number of hydrogen-bond acceptors (Lipinski definition) is 8. The van der Waals surface area contributed by atoms with E-state index in [1.54, 1.807) is 39.0 Å². The molecule has 0 radical (unpaired) electrons. The average Bonchev–Trinajstić information content (AvgIpc) is 3.37. The molecule has 0 aromatic heterocycles. The van der Waals surface area contributed by atoms with Crippen molar-refractivity contribution in [2.24, 2.45) is 28.6 Å². The van der Waals surface area contributed by atoms with E-state index in [4.69, 9.17) is 9.47 Å². The molecule has 2 unspecified atom stereocenters. The molecule has 4 aliphatic carbocycles. The van der Waals surface area contributed by atoms with E-state index in [0.29, 0.717) is 24.0 Å². The predicted octanol–water partition coefficient (Wildman–Crippen LogP) is 5.14. The van der Waals surface area contributed by atoms with Crippen LogP contribution >= 0.6 is 0 Å². The van der Waals surface area contributed by atoms with Crippen molar-refractivity contribution in [1.82, 2.24) is 0 Å². The lowest BCUT2D eigenvalue weighted by molar-refractivity contribution is -0.192. The highest BCUT2D eigenvalue weighted by atomic mass is 16.6. The molecule has 0 aromatic carbocycles. The molecule has 240 valence electrons. The van der Waals surface area contributed by atoms with Gasteiger partial charge in [0.15, 0.2) is 5.78 Å². The Labute approximate surface area is 256 Å². The topological polar surface area (TPSA) is 130 Å². The number of ether oxygens (including phenoxy) is 2. The van der Waals surface area contributed by atoms with E-state index in [1.165, 1.54) is 19.3 Å². The SMILES string of the molecule is C/C=C(/C)C(=O)OCC1=C[C@@H]2C(=O)C3(C=C(C)[C@H](O)[C@@]3(O)[C@@H]1O)C(C)C[C@]1(OC(=O)CCCCCCCCC)[C@H]2C1(C)C. The Kier molecular flexibility index (Phi) is 9.57. The van der Waals surface area contributed by atoms with Gasteiger partial charge in [0.25, 0.3) is 0 Å². The van der Waals surface area contributed by atoms with E-state index in [0.717, 1.165) is 25.7 Å². The smallest absolute Gasteiger partial charge is 0.333 e. The van der Waals surface area contributed by atoms with E-state index in [-0.39, 0.29) is 23.9 Å². The van der Waals surface area contributed by atoms with Gasteiger partial charge < -0.3 is 24.8 Å². The van der Waals surface area contributed by atoms with Crippen LogP contribution in [-0.2, 0) is 23.9 Å². The van der Waals surface area contributed by atoms with Gasteiger partial charge in [-0.25, -0.2) is 4.79 Å². The maximum Gasteiger partial charge on any atom is 0.333 e. The van der Waals surface area contributed by atoms with Gasteiger partial charge in [0, 0.05) is 29.2 Å². The van der Waals surface area contributed by atoms with Crippen molar-refractivity contribution < 1.29 is 39.2 Å². The summed E-state index contributed by atoms with van der Waals surface area (Å²) in [6.45, 7) is 12.6. The number of rotatable bonds is 12. The molecule has 8 nitrogen and oxygen atoms in total. The summed E-state index contributed by atoms with van der Waals surface area (Å²) in [4.78, 5) is 40.5. The maximum absolute atomic E-state index is 14.7. The highest BCUT2D eigenvalue weighted by Gasteiger charge is 2.83. The molecule has 8 heteroatoms. The summed E-state index contributed by atoms with van der Waals surface area (Å²) < 4.78 is 11.8. The van der Waals surface area contributed by atoms with Crippen molar-refractivity contribution in [3.8, 4) is 0 Å². The van der Waals surface area contributed by atoms with Crippen LogP contribution in [0.1, 0.15) is 106 Å². The Morgan fingerprint density at radius 1 is 1.07 bits per heavy atom. The van der Waals surface area contributed by atoms with Crippen LogP contribution < -0.4 is 0 Å². The summed E-state index contributed by atoms with van der Waals surface area (Å²) in [5.74, 6) is -3.00. The number of carbonyl (C=O) groups is 3. The highest BCUT2D eigenvalue weighted by Crippen LogP contribution is 2.75. The summed E-state index contributed by atoms with van der Waals surface area (Å²) in [7, 11) is 0. The van der Waals surface area contributed by atoms with Gasteiger partial charge in [0.05, 0.1) is 5.41 Å². The summed E-state index contributed by atoms with van der Waals surface area (Å²) in [6.07, 6.45) is 9.86. The first-order valence-electron chi connectivity index (χ1n) is 16.2. The molecule has 2 saturated carbocycles. The van der Waals surface area contributed by atoms with E-state index >= 15 is 0 Å². The van der Waals surface area contributed by atoms with Gasteiger partial charge in [0.2, 0.25) is 0 Å². The summed E-state index contributed by atoms with van der Waals surface area (Å²) >= 11 is 0. The molecule has 0 heterocycles. The fourth-order valence-electron chi connectivity index (χ4n) is 8.58. The normalized spacial score (nSPS) is 37.8. The zero-order valence-electron chi connectivity index (χ0n) is 27.1. The number of fused-ring (bicyclic) bond motifs is 3. The fraction of sp³-hybridized carbons (Fsp3) is 0.743. The Balaban J connectivity index is 1.67. The van der Waals surface area contributed by atoms with Crippen LogP contribution in [0.15, 0.2) is 34.9 Å².